The Bertz CT molecular complexity index is 1620. The molecular formula is C57H96O6. The van der Waals surface area contributed by atoms with E-state index in [1.54, 1.807) is 0 Å². The van der Waals surface area contributed by atoms with Gasteiger partial charge >= 0.3 is 0 Å². The summed E-state index contributed by atoms with van der Waals surface area (Å²) in [7, 11) is 0. The lowest BCUT2D eigenvalue weighted by molar-refractivity contribution is 0.159. The molecule has 0 aliphatic heterocycles. The quantitative estimate of drug-likeness (QED) is 0.127. The molecule has 0 aromatic heterocycles. The smallest absolute Gasteiger partial charge is 0.123 e. The van der Waals surface area contributed by atoms with E-state index >= 15 is 0 Å². The first-order chi connectivity index (χ1) is 27.8. The first-order valence-corrected chi connectivity index (χ1v) is 23.3. The van der Waals surface area contributed by atoms with Crippen molar-refractivity contribution >= 4 is 0 Å². The molecule has 0 unspecified atom stereocenters. The molecule has 0 saturated carbocycles. The van der Waals surface area contributed by atoms with Gasteiger partial charge in [-0.15, -0.1) is 0 Å². The number of rotatable bonds is 9. The average Bonchev–Trinajstić information content (AvgIpc) is 3.07. The van der Waals surface area contributed by atoms with Crippen LogP contribution in [0.3, 0.4) is 0 Å². The van der Waals surface area contributed by atoms with Crippen LogP contribution in [0.15, 0.2) is 36.4 Å². The SMILES string of the molecule is CC(C)(CO)Cc1cc(C(C)(C)C)c(O)c(C(C)(C)C)c1.CC(C)(CO)Cc1cc(C(C)(C)C)c(O)c(C(C)(C)C)c1.CC(C)(CO)Cc1cc(C(C)(C)C)c(O)c(C(C)(C)C)c1. The number of aliphatic hydroxyl groups excluding tert-OH is 3. The molecule has 0 amide bonds. The third-order valence-electron chi connectivity index (χ3n) is 11.7. The van der Waals surface area contributed by atoms with Gasteiger partial charge in [0, 0.05) is 19.8 Å². The number of aliphatic hydroxyl groups is 3. The van der Waals surface area contributed by atoms with Gasteiger partial charge in [-0.05, 0) is 118 Å². The Balaban J connectivity index is 0.000000472. The Morgan fingerprint density at radius 1 is 0.270 bits per heavy atom. The van der Waals surface area contributed by atoms with Crippen LogP contribution in [0.2, 0.25) is 0 Å². The predicted molar refractivity (Wildman–Crippen MR) is 270 cm³/mol. The molecule has 3 rings (SSSR count). The molecule has 6 N–H and O–H groups in total. The van der Waals surface area contributed by atoms with Crippen molar-refractivity contribution in [1.82, 2.24) is 0 Å². The predicted octanol–water partition coefficient (Wildman–Crippen LogP) is 13.6. The molecular weight excluding hydrogens is 781 g/mol. The minimum Gasteiger partial charge on any atom is -0.507 e. The van der Waals surface area contributed by atoms with Crippen molar-refractivity contribution in [3.63, 3.8) is 0 Å². The molecule has 6 heteroatoms. The maximum Gasteiger partial charge on any atom is 0.123 e. The number of phenolic OH excluding ortho intramolecular Hbond substituents is 3. The average molecular weight is 877 g/mol. The van der Waals surface area contributed by atoms with Gasteiger partial charge < -0.3 is 30.6 Å². The molecule has 0 bridgehead atoms. The number of benzene rings is 3. The molecule has 0 heterocycles. The van der Waals surface area contributed by atoms with E-state index in [2.05, 4.69) is 203 Å². The number of hydrogen-bond acceptors (Lipinski definition) is 6. The fourth-order valence-electron chi connectivity index (χ4n) is 7.64. The van der Waals surface area contributed by atoms with E-state index in [0.29, 0.717) is 17.2 Å². The van der Waals surface area contributed by atoms with Gasteiger partial charge in [0.05, 0.1) is 0 Å². The second-order valence-corrected chi connectivity index (χ2v) is 27.1. The fraction of sp³-hybridized carbons (Fsp3) is 0.684. The van der Waals surface area contributed by atoms with Gasteiger partial charge in [-0.2, -0.15) is 0 Å². The van der Waals surface area contributed by atoms with Crippen molar-refractivity contribution in [1.29, 1.82) is 0 Å². The molecule has 3 aromatic rings. The standard InChI is InChI=1S/3C19H32O2/c3*1-17(2,3)14-9-13(11-19(7,8)12-20)10-15(16(14)21)18(4,5)6/h3*9-10,20-21H,11-12H2,1-8H3. The van der Waals surface area contributed by atoms with Gasteiger partial charge in [0.2, 0.25) is 0 Å². The molecule has 3 aromatic carbocycles. The first-order valence-electron chi connectivity index (χ1n) is 23.3. The second kappa shape index (κ2) is 20.2. The van der Waals surface area contributed by atoms with E-state index in [-0.39, 0.29) is 68.6 Å². The highest BCUT2D eigenvalue weighted by atomic mass is 16.3. The highest BCUT2D eigenvalue weighted by Crippen LogP contribution is 2.44. The minimum absolute atomic E-state index is 0.108. The largest absolute Gasteiger partial charge is 0.507 e. The van der Waals surface area contributed by atoms with E-state index in [0.717, 1.165) is 52.6 Å². The number of aromatic hydroxyl groups is 3. The Kier molecular flexibility index (Phi) is 18.6. The lowest BCUT2D eigenvalue weighted by Gasteiger charge is -2.30. The summed E-state index contributed by atoms with van der Waals surface area (Å²) in [6.45, 7) is 51.0. The normalized spacial score (nSPS) is 13.6. The van der Waals surface area contributed by atoms with Crippen molar-refractivity contribution in [2.24, 2.45) is 16.2 Å². The van der Waals surface area contributed by atoms with Crippen LogP contribution in [0, 0.1) is 16.2 Å². The maximum absolute atomic E-state index is 10.7. The number of phenols is 3. The lowest BCUT2D eigenvalue weighted by atomic mass is 9.76. The van der Waals surface area contributed by atoms with Gasteiger partial charge in [0.25, 0.3) is 0 Å². The van der Waals surface area contributed by atoms with E-state index in [4.69, 9.17) is 0 Å². The zero-order valence-corrected chi connectivity index (χ0v) is 44.9. The molecule has 0 saturated heterocycles. The zero-order chi connectivity index (χ0) is 49.9. The monoisotopic (exact) mass is 877 g/mol. The summed E-state index contributed by atoms with van der Waals surface area (Å²) in [4.78, 5) is 0. The number of hydrogen-bond donors (Lipinski definition) is 6. The lowest BCUT2D eigenvalue weighted by Crippen LogP contribution is -2.22. The molecule has 6 nitrogen and oxygen atoms in total. The van der Waals surface area contributed by atoms with Crippen molar-refractivity contribution in [3.8, 4) is 17.2 Å². The van der Waals surface area contributed by atoms with Crippen molar-refractivity contribution < 1.29 is 30.6 Å². The summed E-state index contributed by atoms with van der Waals surface area (Å²) in [5.41, 5.74) is 8.35. The summed E-state index contributed by atoms with van der Waals surface area (Å²) < 4.78 is 0. The second-order valence-electron chi connectivity index (χ2n) is 27.1. The Labute approximate surface area is 387 Å². The molecule has 0 spiro atoms. The Morgan fingerprint density at radius 3 is 0.492 bits per heavy atom. The van der Waals surface area contributed by atoms with Crippen molar-refractivity contribution in [3.05, 3.63) is 86.5 Å². The van der Waals surface area contributed by atoms with Crippen molar-refractivity contribution in [2.75, 3.05) is 19.8 Å². The van der Waals surface area contributed by atoms with Crippen molar-refractivity contribution in [2.45, 2.75) is 218 Å². The Morgan fingerprint density at radius 2 is 0.397 bits per heavy atom. The van der Waals surface area contributed by atoms with Gasteiger partial charge in [0.1, 0.15) is 17.2 Å². The van der Waals surface area contributed by atoms with Gasteiger partial charge in [-0.3, -0.25) is 0 Å². The highest BCUT2D eigenvalue weighted by molar-refractivity contribution is 5.52. The molecule has 63 heavy (non-hydrogen) atoms. The summed E-state index contributed by atoms with van der Waals surface area (Å²) in [6.07, 6.45) is 2.40. The maximum atomic E-state index is 10.7. The molecule has 0 fully saturated rings. The summed E-state index contributed by atoms with van der Waals surface area (Å²) in [6, 6.07) is 12.6. The van der Waals surface area contributed by atoms with Crippen LogP contribution in [-0.2, 0) is 51.8 Å². The van der Waals surface area contributed by atoms with E-state index in [9.17, 15) is 30.6 Å². The third-order valence-corrected chi connectivity index (χ3v) is 11.7. The highest BCUT2D eigenvalue weighted by Gasteiger charge is 2.31. The minimum atomic E-state index is -0.152. The van der Waals surface area contributed by atoms with Crippen LogP contribution in [0.1, 0.15) is 216 Å². The molecule has 0 aliphatic rings. The topological polar surface area (TPSA) is 121 Å². The molecule has 0 atom stereocenters. The summed E-state index contributed by atoms with van der Waals surface area (Å²) in [5, 5.41) is 60.6. The fourth-order valence-corrected chi connectivity index (χ4v) is 7.64. The molecule has 0 radical (unpaired) electrons. The van der Waals surface area contributed by atoms with Crippen LogP contribution in [-0.4, -0.2) is 50.5 Å². The van der Waals surface area contributed by atoms with Crippen LogP contribution in [0.5, 0.6) is 17.2 Å². The van der Waals surface area contributed by atoms with Gasteiger partial charge in [-0.25, -0.2) is 0 Å². The third kappa shape index (κ3) is 17.4. The molecule has 0 aliphatic carbocycles. The van der Waals surface area contributed by atoms with Crippen LogP contribution in [0.25, 0.3) is 0 Å². The summed E-state index contributed by atoms with van der Waals surface area (Å²) in [5.74, 6) is 1.25. The van der Waals surface area contributed by atoms with Crippen LogP contribution >= 0.6 is 0 Å². The van der Waals surface area contributed by atoms with Gasteiger partial charge in [-0.1, -0.05) is 203 Å². The van der Waals surface area contributed by atoms with Crippen LogP contribution in [0.4, 0.5) is 0 Å². The zero-order valence-electron chi connectivity index (χ0n) is 44.9. The van der Waals surface area contributed by atoms with E-state index in [1.165, 1.54) is 16.7 Å². The van der Waals surface area contributed by atoms with Gasteiger partial charge in [0.15, 0.2) is 0 Å². The first kappa shape index (κ1) is 58.0. The molecule has 360 valence electrons. The Hall–Kier alpha value is -3.06. The summed E-state index contributed by atoms with van der Waals surface area (Å²) >= 11 is 0. The van der Waals surface area contributed by atoms with E-state index in [1.807, 2.05) is 0 Å². The van der Waals surface area contributed by atoms with Crippen LogP contribution < -0.4 is 0 Å². The van der Waals surface area contributed by atoms with E-state index < -0.39 is 0 Å².